The van der Waals surface area contributed by atoms with Crippen molar-refractivity contribution in [1.29, 1.82) is 0 Å². The van der Waals surface area contributed by atoms with Gasteiger partial charge in [0.05, 0.1) is 27.3 Å². The molecule has 224 valence electrons. The van der Waals surface area contributed by atoms with E-state index in [2.05, 4.69) is 9.97 Å². The minimum atomic E-state index is -4.48. The summed E-state index contributed by atoms with van der Waals surface area (Å²) in [5.41, 5.74) is -2.38. The van der Waals surface area contributed by atoms with Crippen LogP contribution in [0.25, 0.3) is 0 Å². The average molecular weight is 599 g/mol. The molecule has 1 aliphatic heterocycles. The molecule has 16 nitrogen and oxygen atoms in total. The summed E-state index contributed by atoms with van der Waals surface area (Å²) in [5, 5.41) is 22.1. The standard InChI is InChI=1S/C24H30N4O12S/c1-23(2,3)20(29)39-18-16(12-37-41(35,36)14-9-7-13(8-10-14)27(31)32)38-17(15-11-25-22(26-15)28(33)34)19(18)40-21(30)24(4,5)6/h7-11,16-19H,12H2,1-6H3,(H,25,26)/t16-,17-,18-,19-/m1/s1. The average Bonchev–Trinajstić information content (AvgIpc) is 3.47. The number of nitrogens with one attached hydrogen (secondary N) is 1. The summed E-state index contributed by atoms with van der Waals surface area (Å²) in [6.45, 7) is 8.71. The monoisotopic (exact) mass is 598 g/mol. The van der Waals surface area contributed by atoms with Gasteiger partial charge in [0.1, 0.15) is 18.0 Å². The zero-order valence-electron chi connectivity index (χ0n) is 23.1. The van der Waals surface area contributed by atoms with E-state index in [4.69, 9.17) is 18.4 Å². The fourth-order valence-corrected chi connectivity index (χ4v) is 4.42. The molecule has 4 atom stereocenters. The van der Waals surface area contributed by atoms with Gasteiger partial charge in [0, 0.05) is 12.1 Å². The molecule has 0 amide bonds. The molecule has 0 radical (unpaired) electrons. The van der Waals surface area contributed by atoms with Gasteiger partial charge in [-0.3, -0.25) is 23.9 Å². The van der Waals surface area contributed by atoms with Gasteiger partial charge in [-0.1, -0.05) is 4.98 Å². The normalized spacial score (nSPS) is 21.3. The van der Waals surface area contributed by atoms with Crippen molar-refractivity contribution in [3.63, 3.8) is 0 Å². The van der Waals surface area contributed by atoms with Crippen LogP contribution < -0.4 is 0 Å². The van der Waals surface area contributed by atoms with Crippen LogP contribution >= 0.6 is 0 Å². The molecule has 41 heavy (non-hydrogen) atoms. The van der Waals surface area contributed by atoms with Gasteiger partial charge >= 0.3 is 17.9 Å². The Morgan fingerprint density at radius 2 is 1.49 bits per heavy atom. The van der Waals surface area contributed by atoms with Crippen LogP contribution in [0.3, 0.4) is 0 Å². The third-order valence-electron chi connectivity index (χ3n) is 5.81. The molecule has 1 aromatic carbocycles. The van der Waals surface area contributed by atoms with Crippen molar-refractivity contribution in [2.75, 3.05) is 6.61 Å². The highest BCUT2D eigenvalue weighted by molar-refractivity contribution is 7.86. The quantitative estimate of drug-likeness (QED) is 0.190. The van der Waals surface area contributed by atoms with Gasteiger partial charge in [0.25, 0.3) is 15.8 Å². The number of H-pyrrole nitrogens is 1. The second-order valence-corrected chi connectivity index (χ2v) is 12.9. The lowest BCUT2D eigenvalue weighted by Gasteiger charge is -2.29. The van der Waals surface area contributed by atoms with Gasteiger partial charge in [0.15, 0.2) is 18.3 Å². The van der Waals surface area contributed by atoms with Gasteiger partial charge in [-0.2, -0.15) is 8.42 Å². The SMILES string of the molecule is CC(C)(C)C(=O)O[C@H]1[C@H](OC(=O)C(C)(C)C)[C@@H](COS(=O)(=O)c2ccc([N+](=O)[O-])cc2)O[C@@H]1c1cnc([N+](=O)[O-])[nH]1. The molecule has 2 heterocycles. The number of ether oxygens (including phenoxy) is 3. The minimum absolute atomic E-state index is 0.000873. The number of nitrogens with zero attached hydrogens (tertiary/aromatic N) is 3. The minimum Gasteiger partial charge on any atom is -0.455 e. The van der Waals surface area contributed by atoms with E-state index in [0.717, 1.165) is 30.5 Å². The zero-order valence-corrected chi connectivity index (χ0v) is 23.9. The van der Waals surface area contributed by atoms with E-state index in [1.807, 2.05) is 0 Å². The molecule has 0 bridgehead atoms. The lowest BCUT2D eigenvalue weighted by molar-refractivity contribution is -0.393. The van der Waals surface area contributed by atoms with Crippen molar-refractivity contribution in [1.82, 2.24) is 9.97 Å². The van der Waals surface area contributed by atoms with Gasteiger partial charge in [-0.15, -0.1) is 0 Å². The van der Waals surface area contributed by atoms with Crippen molar-refractivity contribution >= 4 is 33.7 Å². The lowest BCUT2D eigenvalue weighted by atomic mass is 9.96. The molecule has 2 aromatic rings. The molecule has 1 N–H and O–H groups in total. The molecule has 1 fully saturated rings. The van der Waals surface area contributed by atoms with Crippen molar-refractivity contribution in [3.8, 4) is 0 Å². The fourth-order valence-electron chi connectivity index (χ4n) is 3.50. The Labute approximate surface area is 234 Å². The van der Waals surface area contributed by atoms with Gasteiger partial charge in [-0.25, -0.2) is 4.98 Å². The molecule has 0 spiro atoms. The fraction of sp³-hybridized carbons (Fsp3) is 0.542. The van der Waals surface area contributed by atoms with E-state index < -0.39 is 79.7 Å². The predicted molar refractivity (Wildman–Crippen MR) is 138 cm³/mol. The second-order valence-electron chi connectivity index (χ2n) is 11.2. The number of carbonyl (C=O) groups is 2. The number of benzene rings is 1. The summed E-state index contributed by atoms with van der Waals surface area (Å²) in [4.78, 5) is 52.1. The van der Waals surface area contributed by atoms with Crippen molar-refractivity contribution in [2.24, 2.45) is 10.8 Å². The first-order valence-electron chi connectivity index (χ1n) is 12.2. The van der Waals surface area contributed by atoms with Crippen LogP contribution in [0.4, 0.5) is 11.6 Å². The number of esters is 2. The predicted octanol–water partition coefficient (Wildman–Crippen LogP) is 2.99. The molecule has 1 aliphatic rings. The number of rotatable bonds is 9. The van der Waals surface area contributed by atoms with E-state index in [-0.39, 0.29) is 16.3 Å². The first-order valence-corrected chi connectivity index (χ1v) is 13.6. The van der Waals surface area contributed by atoms with Crippen molar-refractivity contribution in [3.05, 3.63) is 56.4 Å². The summed E-state index contributed by atoms with van der Waals surface area (Å²) >= 11 is 0. The number of non-ortho nitro benzene ring substituents is 1. The van der Waals surface area contributed by atoms with Crippen LogP contribution in [-0.2, 0) is 38.1 Å². The molecule has 0 aliphatic carbocycles. The Kier molecular flexibility index (Phi) is 8.85. The molecule has 17 heteroatoms. The summed E-state index contributed by atoms with van der Waals surface area (Å²) in [6, 6.07) is 3.94. The number of imidazole rings is 1. The first kappa shape index (κ1) is 31.6. The molecular formula is C24H30N4O12S. The Hall–Kier alpha value is -3.96. The van der Waals surface area contributed by atoms with E-state index in [0.29, 0.717) is 0 Å². The Balaban J connectivity index is 1.98. The Morgan fingerprint density at radius 3 is 1.95 bits per heavy atom. The van der Waals surface area contributed by atoms with Gasteiger partial charge in [-0.05, 0) is 58.6 Å². The maximum Gasteiger partial charge on any atom is 0.432 e. The van der Waals surface area contributed by atoms with Crippen LogP contribution in [0.2, 0.25) is 0 Å². The zero-order chi connectivity index (χ0) is 30.9. The largest absolute Gasteiger partial charge is 0.455 e. The van der Waals surface area contributed by atoms with Crippen molar-refractivity contribution in [2.45, 2.75) is 70.9 Å². The molecular weight excluding hydrogens is 568 g/mol. The number of hydrogen-bond donors (Lipinski definition) is 1. The van der Waals surface area contributed by atoms with Crippen LogP contribution in [0, 0.1) is 31.1 Å². The molecule has 3 rings (SSSR count). The highest BCUT2D eigenvalue weighted by Gasteiger charge is 2.53. The highest BCUT2D eigenvalue weighted by atomic mass is 32.2. The number of nitro benzene ring substituents is 1. The topological polar surface area (TPSA) is 220 Å². The molecule has 1 aromatic heterocycles. The van der Waals surface area contributed by atoms with E-state index in [1.54, 1.807) is 41.5 Å². The molecule has 1 saturated heterocycles. The van der Waals surface area contributed by atoms with Crippen LogP contribution in [0.15, 0.2) is 35.4 Å². The number of hydrogen-bond acceptors (Lipinski definition) is 13. The van der Waals surface area contributed by atoms with Gasteiger partial charge in [0.2, 0.25) is 0 Å². The number of nitro groups is 2. The summed E-state index contributed by atoms with van der Waals surface area (Å²) in [6.07, 6.45) is -4.35. The number of aromatic nitrogens is 2. The van der Waals surface area contributed by atoms with E-state index in [9.17, 15) is 38.2 Å². The van der Waals surface area contributed by atoms with Gasteiger partial charge < -0.3 is 24.3 Å². The van der Waals surface area contributed by atoms with E-state index >= 15 is 0 Å². The first-order chi connectivity index (χ1) is 18.8. The number of carbonyl (C=O) groups excluding carboxylic acids is 2. The maximum absolute atomic E-state index is 12.9. The summed E-state index contributed by atoms with van der Waals surface area (Å²) in [5.74, 6) is -2.09. The Morgan fingerprint density at radius 1 is 0.951 bits per heavy atom. The molecule has 0 unspecified atom stereocenters. The van der Waals surface area contributed by atoms with Crippen molar-refractivity contribution < 1.29 is 46.2 Å². The second kappa shape index (κ2) is 11.5. The smallest absolute Gasteiger partial charge is 0.432 e. The highest BCUT2D eigenvalue weighted by Crippen LogP contribution is 2.39. The van der Waals surface area contributed by atoms with E-state index in [1.165, 1.54) is 0 Å². The number of aromatic amines is 1. The Bertz CT molecular complexity index is 1420. The van der Waals surface area contributed by atoms with Crippen LogP contribution in [0.1, 0.15) is 53.3 Å². The summed E-state index contributed by atoms with van der Waals surface area (Å²) in [7, 11) is -4.48. The third kappa shape index (κ3) is 7.42. The summed E-state index contributed by atoms with van der Waals surface area (Å²) < 4.78 is 48.2. The maximum atomic E-state index is 12.9. The lowest BCUT2D eigenvalue weighted by Crippen LogP contribution is -2.44. The van der Waals surface area contributed by atoms with Crippen LogP contribution in [-0.4, -0.2) is 65.1 Å². The third-order valence-corrected chi connectivity index (χ3v) is 7.10. The molecule has 0 saturated carbocycles. The van der Waals surface area contributed by atoms with Crippen LogP contribution in [0.5, 0.6) is 0 Å².